The summed E-state index contributed by atoms with van der Waals surface area (Å²) in [5.74, 6) is -1.28. The van der Waals surface area contributed by atoms with Crippen LogP contribution in [-0.2, 0) is 19.1 Å². The number of ether oxygens (including phenoxy) is 1. The van der Waals surface area contributed by atoms with Crippen LogP contribution in [0.5, 0.6) is 0 Å². The number of methoxy groups -OCH3 is 1. The molecule has 1 aliphatic rings. The zero-order valence-electron chi connectivity index (χ0n) is 15.5. The van der Waals surface area contributed by atoms with Crippen LogP contribution in [0.2, 0.25) is 0 Å². The summed E-state index contributed by atoms with van der Waals surface area (Å²) in [6.07, 6.45) is -0.157. The Morgan fingerprint density at radius 3 is 2.41 bits per heavy atom. The van der Waals surface area contributed by atoms with Gasteiger partial charge >= 0.3 is 5.97 Å². The molecule has 1 N–H and O–H groups in total. The van der Waals surface area contributed by atoms with Gasteiger partial charge in [-0.25, -0.2) is 0 Å². The first-order chi connectivity index (χ1) is 13.9. The van der Waals surface area contributed by atoms with Crippen LogP contribution >= 0.6 is 28.1 Å². The molecule has 2 aromatic carbocycles. The van der Waals surface area contributed by atoms with Gasteiger partial charge in [-0.3, -0.25) is 19.3 Å². The maximum atomic E-state index is 13.1. The maximum absolute atomic E-state index is 13.1. The van der Waals surface area contributed by atoms with Gasteiger partial charge in [0.2, 0.25) is 5.91 Å². The number of halogens is 1. The second kappa shape index (κ2) is 9.15. The third-order valence-electron chi connectivity index (χ3n) is 4.37. The molecule has 7 nitrogen and oxygen atoms in total. The lowest BCUT2D eigenvalue weighted by atomic mass is 10.1. The number of amides is 2. The lowest BCUT2D eigenvalue weighted by Gasteiger charge is -2.22. The number of thiocarbonyl (C=S) groups is 1. The molecule has 0 bridgehead atoms. The maximum Gasteiger partial charge on any atom is 0.325 e. The number of esters is 1. The Bertz CT molecular complexity index is 937. The first-order valence-corrected chi connectivity index (χ1v) is 9.92. The summed E-state index contributed by atoms with van der Waals surface area (Å²) >= 11 is 8.78. The molecule has 29 heavy (non-hydrogen) atoms. The molecule has 0 aromatic heterocycles. The summed E-state index contributed by atoms with van der Waals surface area (Å²) in [5.41, 5.74) is 1.18. The van der Waals surface area contributed by atoms with E-state index >= 15 is 0 Å². The molecule has 1 unspecified atom stereocenters. The molecule has 0 aliphatic carbocycles. The summed E-state index contributed by atoms with van der Waals surface area (Å²) in [4.78, 5) is 40.3. The zero-order chi connectivity index (χ0) is 21.0. The summed E-state index contributed by atoms with van der Waals surface area (Å²) in [6, 6.07) is 15.0. The Hall–Kier alpha value is -2.78. The Balaban J connectivity index is 1.81. The van der Waals surface area contributed by atoms with E-state index in [1.807, 2.05) is 6.07 Å². The number of hydrogen-bond donors (Lipinski definition) is 1. The van der Waals surface area contributed by atoms with Crippen molar-refractivity contribution in [2.45, 2.75) is 12.5 Å². The molecular formula is C20H18BrN3O4S. The van der Waals surface area contributed by atoms with Crippen molar-refractivity contribution in [1.82, 2.24) is 4.90 Å². The topological polar surface area (TPSA) is 79.0 Å². The number of nitrogens with one attached hydrogen (secondary N) is 1. The van der Waals surface area contributed by atoms with Crippen LogP contribution in [0, 0.1) is 0 Å². The van der Waals surface area contributed by atoms with Crippen LogP contribution in [0.3, 0.4) is 0 Å². The molecule has 1 saturated heterocycles. The highest BCUT2D eigenvalue weighted by molar-refractivity contribution is 9.10. The third kappa shape index (κ3) is 4.80. The first-order valence-electron chi connectivity index (χ1n) is 8.72. The van der Waals surface area contributed by atoms with Gasteiger partial charge in [0, 0.05) is 10.2 Å². The van der Waals surface area contributed by atoms with E-state index in [1.165, 1.54) is 16.9 Å². The van der Waals surface area contributed by atoms with E-state index in [1.54, 1.807) is 48.5 Å². The van der Waals surface area contributed by atoms with E-state index in [0.29, 0.717) is 11.4 Å². The van der Waals surface area contributed by atoms with E-state index in [4.69, 9.17) is 17.0 Å². The van der Waals surface area contributed by atoms with Crippen LogP contribution in [0.1, 0.15) is 6.42 Å². The zero-order valence-corrected chi connectivity index (χ0v) is 17.9. The highest BCUT2D eigenvalue weighted by atomic mass is 79.9. The minimum absolute atomic E-state index is 0.157. The van der Waals surface area contributed by atoms with Crippen LogP contribution < -0.4 is 10.2 Å². The van der Waals surface area contributed by atoms with Gasteiger partial charge in [0.25, 0.3) is 5.91 Å². The van der Waals surface area contributed by atoms with Crippen molar-refractivity contribution in [3.05, 3.63) is 59.1 Å². The Kier molecular flexibility index (Phi) is 6.60. The van der Waals surface area contributed by atoms with Gasteiger partial charge < -0.3 is 15.0 Å². The van der Waals surface area contributed by atoms with Gasteiger partial charge in [0.05, 0.1) is 19.2 Å². The molecular weight excluding hydrogens is 458 g/mol. The largest absolute Gasteiger partial charge is 0.468 e. The van der Waals surface area contributed by atoms with Gasteiger partial charge in [0.1, 0.15) is 12.6 Å². The average Bonchev–Trinajstić information content (AvgIpc) is 2.94. The normalized spacial score (nSPS) is 16.1. The van der Waals surface area contributed by atoms with Crippen molar-refractivity contribution in [1.29, 1.82) is 0 Å². The molecule has 9 heteroatoms. The first kappa shape index (κ1) is 20.9. The number of nitrogens with zero attached hydrogens (tertiary/aromatic N) is 2. The standard InChI is InChI=1S/C20H18BrN3O4S/c1-28-18(26)12-23-16(11-17(25)22-14-9-7-13(21)8-10-14)19(27)24(20(23)29)15-5-3-2-4-6-15/h2-10,16H,11-12H2,1H3,(H,22,25). The minimum Gasteiger partial charge on any atom is -0.468 e. The van der Waals surface area contributed by atoms with Crippen molar-refractivity contribution in [3.63, 3.8) is 0 Å². The lowest BCUT2D eigenvalue weighted by molar-refractivity contribution is -0.141. The molecule has 0 saturated carbocycles. The number of carbonyl (C=O) groups is 3. The SMILES string of the molecule is COC(=O)CN1C(=S)N(c2ccccc2)C(=O)C1CC(=O)Nc1ccc(Br)cc1. The smallest absolute Gasteiger partial charge is 0.325 e. The van der Waals surface area contributed by atoms with Crippen LogP contribution in [0.25, 0.3) is 0 Å². The molecule has 0 radical (unpaired) electrons. The number of para-hydroxylation sites is 1. The summed E-state index contributed by atoms with van der Waals surface area (Å²) in [7, 11) is 1.26. The molecule has 1 aliphatic heterocycles. The Morgan fingerprint density at radius 1 is 1.14 bits per heavy atom. The summed E-state index contributed by atoms with van der Waals surface area (Å²) < 4.78 is 5.61. The van der Waals surface area contributed by atoms with Gasteiger partial charge in [-0.1, -0.05) is 34.1 Å². The molecule has 2 amide bonds. The van der Waals surface area contributed by atoms with E-state index in [0.717, 1.165) is 4.47 Å². The van der Waals surface area contributed by atoms with Crippen molar-refractivity contribution >= 4 is 62.4 Å². The highest BCUT2D eigenvalue weighted by Gasteiger charge is 2.44. The van der Waals surface area contributed by atoms with E-state index in [9.17, 15) is 14.4 Å². The van der Waals surface area contributed by atoms with E-state index < -0.39 is 12.0 Å². The van der Waals surface area contributed by atoms with Crippen molar-refractivity contribution in [3.8, 4) is 0 Å². The van der Waals surface area contributed by atoms with Gasteiger partial charge in [0.15, 0.2) is 5.11 Å². The molecule has 3 rings (SSSR count). The van der Waals surface area contributed by atoms with Gasteiger partial charge in [-0.2, -0.15) is 0 Å². The summed E-state index contributed by atoms with van der Waals surface area (Å²) in [5, 5.41) is 2.92. The molecule has 2 aromatic rings. The third-order valence-corrected chi connectivity index (χ3v) is 5.31. The quantitative estimate of drug-likeness (QED) is 0.511. The molecule has 1 atom stereocenters. The fourth-order valence-electron chi connectivity index (χ4n) is 2.95. The van der Waals surface area contributed by atoms with Crippen molar-refractivity contribution in [2.24, 2.45) is 0 Å². The molecule has 1 heterocycles. The molecule has 150 valence electrons. The van der Waals surface area contributed by atoms with Crippen molar-refractivity contribution in [2.75, 3.05) is 23.9 Å². The fraction of sp³-hybridized carbons (Fsp3) is 0.200. The summed E-state index contributed by atoms with van der Waals surface area (Å²) in [6.45, 7) is -0.222. The lowest BCUT2D eigenvalue weighted by Crippen LogP contribution is -2.41. The van der Waals surface area contributed by atoms with Crippen molar-refractivity contribution < 1.29 is 19.1 Å². The monoisotopic (exact) mass is 475 g/mol. The highest BCUT2D eigenvalue weighted by Crippen LogP contribution is 2.27. The van der Waals surface area contributed by atoms with E-state index in [2.05, 4.69) is 21.2 Å². The average molecular weight is 476 g/mol. The van der Waals surface area contributed by atoms with Crippen LogP contribution in [0.4, 0.5) is 11.4 Å². The second-order valence-electron chi connectivity index (χ2n) is 6.27. The number of anilines is 2. The van der Waals surface area contributed by atoms with Crippen LogP contribution in [0.15, 0.2) is 59.1 Å². The minimum atomic E-state index is -0.905. The number of hydrogen-bond acceptors (Lipinski definition) is 5. The number of rotatable bonds is 6. The Morgan fingerprint density at radius 2 is 1.79 bits per heavy atom. The fourth-order valence-corrected chi connectivity index (χ4v) is 3.60. The predicted octanol–water partition coefficient (Wildman–Crippen LogP) is 2.95. The molecule has 1 fully saturated rings. The number of carbonyl (C=O) groups excluding carboxylic acids is 3. The molecule has 0 spiro atoms. The predicted molar refractivity (Wildman–Crippen MR) is 116 cm³/mol. The van der Waals surface area contributed by atoms with Gasteiger partial charge in [-0.05, 0) is 48.6 Å². The van der Waals surface area contributed by atoms with Gasteiger partial charge in [-0.15, -0.1) is 0 Å². The Labute approximate surface area is 181 Å². The number of benzene rings is 2. The van der Waals surface area contributed by atoms with E-state index in [-0.39, 0.29) is 29.9 Å². The van der Waals surface area contributed by atoms with Crippen LogP contribution in [-0.4, -0.2) is 47.5 Å². The second-order valence-corrected chi connectivity index (χ2v) is 7.55.